The van der Waals surface area contributed by atoms with Gasteiger partial charge in [0.05, 0.1) is 22.4 Å². The Morgan fingerprint density at radius 3 is 1.88 bits per heavy atom. The molecule has 0 aliphatic carbocycles. The SMILES string of the molecule is c1ccc(-c2nc3c(nc2-c2ccc(-n4c5cc6ccccc6cc5c5c6ccccc6c6c7ccc8ccccc8c7oc6c54)cc2)sc2ccccc23)cc1. The molecule has 0 bridgehead atoms. The van der Waals surface area contributed by atoms with Crippen molar-refractivity contribution < 1.29 is 4.42 Å². The van der Waals surface area contributed by atoms with Crippen molar-refractivity contribution in [3.63, 3.8) is 0 Å². The second-order valence-corrected chi connectivity index (χ2v) is 15.9. The summed E-state index contributed by atoms with van der Waals surface area (Å²) in [6.07, 6.45) is 0. The van der Waals surface area contributed by atoms with Gasteiger partial charge in [-0.15, -0.1) is 11.3 Å². The number of hydrogen-bond donors (Lipinski definition) is 0. The number of furan rings is 1. The van der Waals surface area contributed by atoms with Gasteiger partial charge in [0.1, 0.15) is 15.9 Å². The molecule has 0 aliphatic rings. The minimum atomic E-state index is 0.873. The van der Waals surface area contributed by atoms with Crippen LogP contribution in [0.15, 0.2) is 180 Å². The standard InChI is InChI=1S/C52H29N3OS/c1-2-13-31(14-3-1)46-47(54-52-48(53-46)39-20-10-11-21-43(39)57-52)32-22-25-35(26-23-32)55-42-29-34-16-5-4-15-33(34)28-41(42)44-37-18-8-9-19-38(37)45-40-27-24-30-12-6-7-17-36(30)50(40)56-51(45)49(44)55/h1-29H. The van der Waals surface area contributed by atoms with E-state index < -0.39 is 0 Å². The molecule has 0 aliphatic heterocycles. The molecule has 13 rings (SSSR count). The normalized spacial score (nSPS) is 12.2. The lowest BCUT2D eigenvalue weighted by atomic mass is 9.97. The molecular formula is C52H29N3OS. The van der Waals surface area contributed by atoms with Crippen LogP contribution >= 0.6 is 11.3 Å². The quantitative estimate of drug-likeness (QED) is 0.181. The molecule has 264 valence electrons. The number of nitrogens with zero attached hydrogens (tertiary/aromatic N) is 3. The van der Waals surface area contributed by atoms with Crippen molar-refractivity contribution in [3.05, 3.63) is 176 Å². The molecule has 4 aromatic heterocycles. The summed E-state index contributed by atoms with van der Waals surface area (Å²) in [6.45, 7) is 0. The van der Waals surface area contributed by atoms with Crippen molar-refractivity contribution in [2.45, 2.75) is 0 Å². The zero-order valence-electron chi connectivity index (χ0n) is 30.4. The molecule has 57 heavy (non-hydrogen) atoms. The topological polar surface area (TPSA) is 43.9 Å². The number of fused-ring (bicyclic) bond motifs is 16. The molecule has 0 unspecified atom stereocenters. The molecule has 5 heteroatoms. The Morgan fingerprint density at radius 1 is 0.439 bits per heavy atom. The number of rotatable bonds is 3. The van der Waals surface area contributed by atoms with Gasteiger partial charge in [-0.1, -0.05) is 140 Å². The maximum atomic E-state index is 7.16. The summed E-state index contributed by atoms with van der Waals surface area (Å²) in [5.41, 5.74) is 9.82. The van der Waals surface area contributed by atoms with Crippen LogP contribution in [0.4, 0.5) is 0 Å². The lowest BCUT2D eigenvalue weighted by molar-refractivity contribution is 0.675. The van der Waals surface area contributed by atoms with Gasteiger partial charge in [0.2, 0.25) is 0 Å². The predicted octanol–water partition coefficient (Wildman–Crippen LogP) is 14.6. The van der Waals surface area contributed by atoms with Gasteiger partial charge in [0, 0.05) is 53.8 Å². The zero-order chi connectivity index (χ0) is 37.2. The second-order valence-electron chi connectivity index (χ2n) is 14.9. The predicted molar refractivity (Wildman–Crippen MR) is 240 cm³/mol. The van der Waals surface area contributed by atoms with E-state index in [0.29, 0.717) is 0 Å². The van der Waals surface area contributed by atoms with Crippen LogP contribution in [0.5, 0.6) is 0 Å². The molecule has 0 N–H and O–H groups in total. The molecule has 13 aromatic rings. The van der Waals surface area contributed by atoms with E-state index in [2.05, 4.69) is 174 Å². The highest BCUT2D eigenvalue weighted by Crippen LogP contribution is 2.48. The molecule has 9 aromatic carbocycles. The van der Waals surface area contributed by atoms with Crippen molar-refractivity contribution in [2.24, 2.45) is 0 Å². The number of aromatic nitrogens is 3. The van der Waals surface area contributed by atoms with E-state index >= 15 is 0 Å². The highest BCUT2D eigenvalue weighted by atomic mass is 32.1. The van der Waals surface area contributed by atoms with E-state index in [0.717, 1.165) is 82.3 Å². The van der Waals surface area contributed by atoms with Crippen molar-refractivity contribution in [1.82, 2.24) is 14.5 Å². The van der Waals surface area contributed by atoms with Gasteiger partial charge >= 0.3 is 0 Å². The first-order valence-corrected chi connectivity index (χ1v) is 20.1. The van der Waals surface area contributed by atoms with Gasteiger partial charge in [0.15, 0.2) is 5.58 Å². The first-order chi connectivity index (χ1) is 28.3. The van der Waals surface area contributed by atoms with E-state index in [-0.39, 0.29) is 0 Å². The van der Waals surface area contributed by atoms with Gasteiger partial charge in [-0.2, -0.15) is 0 Å². The summed E-state index contributed by atoms with van der Waals surface area (Å²) in [5.74, 6) is 0. The molecule has 0 spiro atoms. The average molecular weight is 744 g/mol. The summed E-state index contributed by atoms with van der Waals surface area (Å²) in [5, 5.41) is 12.9. The van der Waals surface area contributed by atoms with Gasteiger partial charge < -0.3 is 8.98 Å². The van der Waals surface area contributed by atoms with E-state index in [9.17, 15) is 0 Å². The molecule has 0 atom stereocenters. The molecule has 4 heterocycles. The molecule has 0 saturated carbocycles. The molecule has 0 radical (unpaired) electrons. The first-order valence-electron chi connectivity index (χ1n) is 19.2. The van der Waals surface area contributed by atoms with Crippen molar-refractivity contribution >= 4 is 108 Å². The van der Waals surface area contributed by atoms with Gasteiger partial charge in [-0.3, -0.25) is 0 Å². The zero-order valence-corrected chi connectivity index (χ0v) is 31.2. The minimum Gasteiger partial charge on any atom is -0.453 e. The highest BCUT2D eigenvalue weighted by molar-refractivity contribution is 7.25. The molecule has 4 nitrogen and oxygen atoms in total. The Kier molecular flexibility index (Phi) is 6.29. The van der Waals surface area contributed by atoms with Crippen LogP contribution in [0.2, 0.25) is 0 Å². The monoisotopic (exact) mass is 743 g/mol. The van der Waals surface area contributed by atoms with E-state index in [1.165, 1.54) is 42.4 Å². The van der Waals surface area contributed by atoms with Gasteiger partial charge in [-0.05, 0) is 63.3 Å². The highest BCUT2D eigenvalue weighted by Gasteiger charge is 2.25. The number of benzene rings is 9. The van der Waals surface area contributed by atoms with Gasteiger partial charge in [-0.25, -0.2) is 9.97 Å². The Hall–Kier alpha value is -7.34. The Bertz CT molecular complexity index is 3800. The summed E-state index contributed by atoms with van der Waals surface area (Å²) in [6, 6.07) is 62.9. The largest absolute Gasteiger partial charge is 0.453 e. The molecule has 0 fully saturated rings. The third kappa shape index (κ3) is 4.37. The van der Waals surface area contributed by atoms with Crippen LogP contribution in [0.25, 0.3) is 125 Å². The first kappa shape index (κ1) is 30.9. The summed E-state index contributed by atoms with van der Waals surface area (Å²) < 4.78 is 10.8. The molecule has 0 amide bonds. The fraction of sp³-hybridized carbons (Fsp3) is 0. The van der Waals surface area contributed by atoms with E-state index in [4.69, 9.17) is 14.4 Å². The minimum absolute atomic E-state index is 0.873. The fourth-order valence-corrected chi connectivity index (χ4v) is 10.2. The van der Waals surface area contributed by atoms with Gasteiger partial charge in [0.25, 0.3) is 0 Å². The maximum absolute atomic E-state index is 7.16. The maximum Gasteiger partial charge on any atom is 0.160 e. The van der Waals surface area contributed by atoms with Crippen LogP contribution in [-0.2, 0) is 0 Å². The number of hydrogen-bond acceptors (Lipinski definition) is 4. The fourth-order valence-electron chi connectivity index (χ4n) is 9.20. The lowest BCUT2D eigenvalue weighted by Crippen LogP contribution is -1.97. The second kappa shape index (κ2) is 11.6. The van der Waals surface area contributed by atoms with E-state index in [1.807, 2.05) is 6.07 Å². The number of thiophene rings is 1. The third-order valence-electron chi connectivity index (χ3n) is 11.8. The summed E-state index contributed by atoms with van der Waals surface area (Å²) >= 11 is 1.70. The van der Waals surface area contributed by atoms with Crippen LogP contribution in [0.1, 0.15) is 0 Å². The third-order valence-corrected chi connectivity index (χ3v) is 12.8. The Labute approximate surface area is 329 Å². The van der Waals surface area contributed by atoms with Crippen molar-refractivity contribution in [2.75, 3.05) is 0 Å². The van der Waals surface area contributed by atoms with Crippen LogP contribution in [0, 0.1) is 0 Å². The molecule has 0 saturated heterocycles. The Morgan fingerprint density at radius 2 is 1.07 bits per heavy atom. The lowest BCUT2D eigenvalue weighted by Gasteiger charge is -2.12. The van der Waals surface area contributed by atoms with Crippen molar-refractivity contribution in [3.8, 4) is 28.2 Å². The smallest absolute Gasteiger partial charge is 0.160 e. The van der Waals surface area contributed by atoms with Crippen molar-refractivity contribution in [1.29, 1.82) is 0 Å². The molecular weight excluding hydrogens is 715 g/mol. The van der Waals surface area contributed by atoms with Crippen LogP contribution in [0.3, 0.4) is 0 Å². The summed E-state index contributed by atoms with van der Waals surface area (Å²) in [4.78, 5) is 11.6. The van der Waals surface area contributed by atoms with Crippen LogP contribution in [-0.4, -0.2) is 14.5 Å². The van der Waals surface area contributed by atoms with E-state index in [1.54, 1.807) is 11.3 Å². The Balaban J connectivity index is 1.12. The average Bonchev–Trinajstić information content (AvgIpc) is 3.95. The van der Waals surface area contributed by atoms with Crippen LogP contribution < -0.4 is 0 Å². The summed E-state index contributed by atoms with van der Waals surface area (Å²) in [7, 11) is 0.